The van der Waals surface area contributed by atoms with E-state index in [0.717, 1.165) is 62.8 Å². The number of alkyl halides is 6. The molecule has 39 heavy (non-hydrogen) atoms. The van der Waals surface area contributed by atoms with Gasteiger partial charge in [0.15, 0.2) is 0 Å². The van der Waals surface area contributed by atoms with Crippen molar-refractivity contribution in [2.24, 2.45) is 5.92 Å². The molecular weight excluding hydrogens is 560 g/mol. The van der Waals surface area contributed by atoms with Crippen molar-refractivity contribution in [3.63, 3.8) is 0 Å². The molecule has 1 unspecified atom stereocenters. The Morgan fingerprint density at radius 1 is 1.08 bits per heavy atom. The highest BCUT2D eigenvalue weighted by Crippen LogP contribution is 2.42. The molecule has 2 aromatic heterocycles. The fourth-order valence-electron chi connectivity index (χ4n) is 3.89. The maximum Gasteiger partial charge on any atom is 0.490 e. The molecule has 2 aliphatic heterocycles. The summed E-state index contributed by atoms with van der Waals surface area (Å²) in [6.07, 6.45) is -4.21. The first-order valence-electron chi connectivity index (χ1n) is 11.4. The monoisotopic (exact) mass is 587 g/mol. The molecule has 2 saturated heterocycles. The van der Waals surface area contributed by atoms with Gasteiger partial charge < -0.3 is 20.3 Å². The normalized spacial score (nSPS) is 18.3. The first kappa shape index (κ1) is 32.2. The van der Waals surface area contributed by atoms with Crippen LogP contribution in [0.3, 0.4) is 0 Å². The lowest BCUT2D eigenvalue weighted by Crippen LogP contribution is -2.64. The number of nitrogens with zero attached hydrogens (tertiary/aromatic N) is 4. The highest BCUT2D eigenvalue weighted by Gasteiger charge is 2.52. The van der Waals surface area contributed by atoms with Crippen molar-refractivity contribution in [1.29, 1.82) is 0 Å². The zero-order valence-electron chi connectivity index (χ0n) is 20.8. The zero-order chi connectivity index (χ0) is 29.4. The third kappa shape index (κ3) is 9.89. The highest BCUT2D eigenvalue weighted by atomic mass is 32.1. The van der Waals surface area contributed by atoms with Crippen LogP contribution in [0.1, 0.15) is 29.0 Å². The number of aromatic nitrogens is 3. The summed E-state index contributed by atoms with van der Waals surface area (Å²) in [4.78, 5) is 34.6. The van der Waals surface area contributed by atoms with E-state index in [0.29, 0.717) is 5.92 Å². The van der Waals surface area contributed by atoms with E-state index in [9.17, 15) is 26.3 Å². The molecule has 1 spiro atoms. The molecular formula is C22H27F6N5O5S. The van der Waals surface area contributed by atoms with E-state index >= 15 is 0 Å². The van der Waals surface area contributed by atoms with Crippen LogP contribution < -0.4 is 5.32 Å². The third-order valence-electron chi connectivity index (χ3n) is 5.84. The Hall–Kier alpha value is -3.05. The summed E-state index contributed by atoms with van der Waals surface area (Å²) < 4.78 is 69.6. The summed E-state index contributed by atoms with van der Waals surface area (Å²) in [7, 11) is 0. The van der Waals surface area contributed by atoms with Crippen LogP contribution in [0.15, 0.2) is 17.9 Å². The molecule has 17 heteroatoms. The smallest absolute Gasteiger partial charge is 0.475 e. The van der Waals surface area contributed by atoms with Crippen molar-refractivity contribution in [1.82, 2.24) is 19.9 Å². The molecule has 0 saturated carbocycles. The number of hydrogen-bond acceptors (Lipinski definition) is 9. The molecule has 218 valence electrons. The number of aryl methyl sites for hydroxylation is 2. The number of likely N-dealkylation sites (tertiary alicyclic amines) is 1. The lowest BCUT2D eigenvalue weighted by Gasteiger charge is -2.50. The lowest BCUT2D eigenvalue weighted by atomic mass is 9.79. The number of carbonyl (C=O) groups is 2. The summed E-state index contributed by atoms with van der Waals surface area (Å²) >= 11 is 1.75. The van der Waals surface area contributed by atoms with Crippen molar-refractivity contribution in [2.45, 2.75) is 51.2 Å². The van der Waals surface area contributed by atoms with Crippen LogP contribution in [0.2, 0.25) is 0 Å². The van der Waals surface area contributed by atoms with Crippen LogP contribution in [-0.2, 0) is 20.9 Å². The van der Waals surface area contributed by atoms with E-state index in [-0.39, 0.29) is 5.60 Å². The van der Waals surface area contributed by atoms with Gasteiger partial charge in [-0.25, -0.2) is 24.5 Å². The maximum absolute atomic E-state index is 10.6. The van der Waals surface area contributed by atoms with Crippen molar-refractivity contribution < 1.29 is 50.9 Å². The molecule has 0 bridgehead atoms. The number of anilines is 1. The summed E-state index contributed by atoms with van der Waals surface area (Å²) in [6, 6.07) is 0. The Morgan fingerprint density at radius 2 is 1.62 bits per heavy atom. The van der Waals surface area contributed by atoms with Crippen molar-refractivity contribution in [3.05, 3.63) is 34.0 Å². The lowest BCUT2D eigenvalue weighted by molar-refractivity contribution is -0.193. The molecule has 0 aliphatic carbocycles. The van der Waals surface area contributed by atoms with E-state index in [4.69, 9.17) is 24.5 Å². The molecule has 2 aliphatic rings. The molecule has 2 aromatic rings. The van der Waals surface area contributed by atoms with Crippen molar-refractivity contribution >= 4 is 29.2 Å². The Labute approximate surface area is 223 Å². The van der Waals surface area contributed by atoms with E-state index in [1.807, 2.05) is 24.8 Å². The van der Waals surface area contributed by atoms with Crippen LogP contribution >= 0.6 is 11.3 Å². The first-order valence-corrected chi connectivity index (χ1v) is 12.3. The minimum atomic E-state index is -5.08. The Balaban J connectivity index is 0.000000317. The van der Waals surface area contributed by atoms with Crippen LogP contribution in [0.5, 0.6) is 0 Å². The van der Waals surface area contributed by atoms with Gasteiger partial charge in [-0.3, -0.25) is 4.90 Å². The van der Waals surface area contributed by atoms with Gasteiger partial charge in [-0.15, -0.1) is 11.3 Å². The summed E-state index contributed by atoms with van der Waals surface area (Å²) in [5, 5.41) is 17.6. The molecule has 0 radical (unpaired) electrons. The number of carboxylic acid groups (broad SMARTS) is 2. The van der Waals surface area contributed by atoms with Crippen LogP contribution in [0, 0.1) is 19.8 Å². The molecule has 0 aromatic carbocycles. The molecule has 4 heterocycles. The topological polar surface area (TPSA) is 138 Å². The number of halogens is 6. The van der Waals surface area contributed by atoms with E-state index < -0.39 is 24.3 Å². The second kappa shape index (κ2) is 13.3. The molecule has 4 rings (SSSR count). The summed E-state index contributed by atoms with van der Waals surface area (Å²) in [5.41, 5.74) is 4.25. The van der Waals surface area contributed by atoms with E-state index in [1.54, 1.807) is 11.3 Å². The third-order valence-corrected chi connectivity index (χ3v) is 6.76. The average molecular weight is 588 g/mol. The SMILES string of the molecule is Cc1cnc(NCCC2CCOC23CN(Cc2scnc2C)C3)nc1.O=C(O)C(F)(F)F.O=C(O)C(F)(F)F. The van der Waals surface area contributed by atoms with Gasteiger partial charge in [0, 0.05) is 50.1 Å². The molecule has 10 nitrogen and oxygen atoms in total. The molecule has 0 amide bonds. The first-order chi connectivity index (χ1) is 18.0. The number of ether oxygens (including phenoxy) is 1. The summed E-state index contributed by atoms with van der Waals surface area (Å²) in [6.45, 7) is 8.95. The van der Waals surface area contributed by atoms with Gasteiger partial charge in [-0.05, 0) is 38.2 Å². The Kier molecular flexibility index (Phi) is 11.0. The minimum absolute atomic E-state index is 0.0639. The molecule has 1 atom stereocenters. The van der Waals surface area contributed by atoms with Gasteiger partial charge in [-0.2, -0.15) is 26.3 Å². The van der Waals surface area contributed by atoms with Gasteiger partial charge in [0.25, 0.3) is 0 Å². The number of aliphatic carboxylic acids is 2. The second-order valence-electron chi connectivity index (χ2n) is 8.81. The predicted octanol–water partition coefficient (Wildman–Crippen LogP) is 3.91. The largest absolute Gasteiger partial charge is 0.490 e. The number of nitrogens with one attached hydrogen (secondary N) is 1. The minimum Gasteiger partial charge on any atom is -0.475 e. The van der Waals surface area contributed by atoms with Gasteiger partial charge in [0.05, 0.1) is 16.8 Å². The van der Waals surface area contributed by atoms with Crippen LogP contribution in [-0.4, -0.2) is 86.2 Å². The quantitative estimate of drug-likeness (QED) is 0.427. The fourth-order valence-corrected chi connectivity index (χ4v) is 4.71. The number of thiazole rings is 1. The van der Waals surface area contributed by atoms with Crippen LogP contribution in [0.4, 0.5) is 32.3 Å². The zero-order valence-corrected chi connectivity index (χ0v) is 21.7. The fraction of sp³-hybridized carbons (Fsp3) is 0.591. The van der Waals surface area contributed by atoms with Crippen LogP contribution in [0.25, 0.3) is 0 Å². The number of hydrogen-bond donors (Lipinski definition) is 3. The summed E-state index contributed by atoms with van der Waals surface area (Å²) in [5.74, 6) is -4.18. The Bertz CT molecular complexity index is 1070. The standard InChI is InChI=1S/C18H25N5OS.2C2HF3O2/c1-13-7-20-17(21-8-13)19-5-3-15-4-6-24-18(15)10-23(11-18)9-16-14(2)22-12-25-16;2*3-2(4,5)1(6)7/h7-8,12,15H,3-6,9-11H2,1-2H3,(H,19,20,21);2*(H,6,7). The number of carboxylic acids is 2. The highest BCUT2D eigenvalue weighted by molar-refractivity contribution is 7.09. The second-order valence-corrected chi connectivity index (χ2v) is 9.75. The van der Waals surface area contributed by atoms with Gasteiger partial charge in [0.2, 0.25) is 5.95 Å². The molecule has 3 N–H and O–H groups in total. The number of rotatable bonds is 6. The van der Waals surface area contributed by atoms with E-state index in [2.05, 4.69) is 32.1 Å². The van der Waals surface area contributed by atoms with Gasteiger partial charge in [-0.1, -0.05) is 0 Å². The average Bonchev–Trinajstić information content (AvgIpc) is 3.41. The van der Waals surface area contributed by atoms with Gasteiger partial charge >= 0.3 is 24.3 Å². The maximum atomic E-state index is 10.6. The predicted molar refractivity (Wildman–Crippen MR) is 126 cm³/mol. The van der Waals surface area contributed by atoms with Crippen molar-refractivity contribution in [3.8, 4) is 0 Å². The van der Waals surface area contributed by atoms with Crippen molar-refractivity contribution in [2.75, 3.05) is 31.6 Å². The Morgan fingerprint density at radius 3 is 2.08 bits per heavy atom. The van der Waals surface area contributed by atoms with E-state index in [1.165, 1.54) is 4.88 Å². The molecule has 2 fully saturated rings. The van der Waals surface area contributed by atoms with Gasteiger partial charge in [0.1, 0.15) is 0 Å².